The van der Waals surface area contributed by atoms with Crippen LogP contribution in [0.25, 0.3) is 0 Å². The van der Waals surface area contributed by atoms with Crippen LogP contribution in [0.5, 0.6) is 0 Å². The Hall–Kier alpha value is 0.130. The molecule has 0 unspecified atom stereocenters. The Morgan fingerprint density at radius 2 is 1.45 bits per heavy atom. The van der Waals surface area contributed by atoms with E-state index in [4.69, 9.17) is 0 Å². The van der Waals surface area contributed by atoms with Gasteiger partial charge in [-0.2, -0.15) is 0 Å². The third-order valence-electron chi connectivity index (χ3n) is 1.06. The third-order valence-corrected chi connectivity index (χ3v) is 2.65. The summed E-state index contributed by atoms with van der Waals surface area (Å²) >= 11 is 6.37. The highest BCUT2D eigenvalue weighted by Crippen LogP contribution is 2.20. The number of hydrogen-bond acceptors (Lipinski definition) is 2. The Bertz CT molecular complexity index is 318. The lowest BCUT2D eigenvalue weighted by Crippen LogP contribution is -1.79. The second kappa shape index (κ2) is 3.69. The fourth-order valence-electron chi connectivity index (χ4n) is 0.645. The van der Waals surface area contributed by atoms with Crippen LogP contribution in [0.15, 0.2) is 32.0 Å². The molecule has 0 atom stereocenters. The predicted molar refractivity (Wildman–Crippen MR) is 50.4 cm³/mol. The van der Waals surface area contributed by atoms with Crippen molar-refractivity contribution in [1.82, 2.24) is 0 Å². The second-order valence-electron chi connectivity index (χ2n) is 1.88. The quantitative estimate of drug-likeness (QED) is 0.807. The van der Waals surface area contributed by atoms with E-state index in [9.17, 15) is 8.42 Å². The molecular formula is C6H4Br2O2S. The molecule has 0 spiro atoms. The molecule has 0 radical (unpaired) electrons. The first-order chi connectivity index (χ1) is 5.09. The zero-order valence-electron chi connectivity index (χ0n) is 5.25. The van der Waals surface area contributed by atoms with Crippen LogP contribution in [-0.4, -0.2) is 8.42 Å². The zero-order valence-corrected chi connectivity index (χ0v) is 9.32. The Morgan fingerprint density at radius 3 is 1.82 bits per heavy atom. The van der Waals surface area contributed by atoms with Gasteiger partial charge in [-0.1, -0.05) is 31.9 Å². The van der Waals surface area contributed by atoms with Crippen molar-refractivity contribution in [2.24, 2.45) is 0 Å². The maximum atomic E-state index is 10.5. The predicted octanol–water partition coefficient (Wildman–Crippen LogP) is 2.18. The summed E-state index contributed by atoms with van der Waals surface area (Å²) in [6.07, 6.45) is 0. The molecule has 0 aromatic heterocycles. The molecule has 2 nitrogen and oxygen atoms in total. The lowest BCUT2D eigenvalue weighted by Gasteiger charge is -1.94. The first-order valence-electron chi connectivity index (χ1n) is 2.70. The summed E-state index contributed by atoms with van der Waals surface area (Å²) in [4.78, 5) is 0.307. The molecule has 0 aliphatic carbocycles. The number of halogens is 2. The number of benzene rings is 1. The average molecular weight is 300 g/mol. The summed E-state index contributed by atoms with van der Waals surface area (Å²) in [5, 5.41) is 0. The monoisotopic (exact) mass is 298 g/mol. The lowest BCUT2D eigenvalue weighted by molar-refractivity contribution is 0.614. The van der Waals surface area contributed by atoms with E-state index in [2.05, 4.69) is 31.9 Å². The summed E-state index contributed by atoms with van der Waals surface area (Å²) in [7, 11) is -2.49. The van der Waals surface area contributed by atoms with Crippen molar-refractivity contribution < 1.29 is 8.42 Å². The molecule has 0 N–H and O–H groups in total. The highest BCUT2D eigenvalue weighted by molar-refractivity contribution is 9.11. The van der Waals surface area contributed by atoms with Gasteiger partial charge in [0, 0.05) is 8.95 Å². The van der Waals surface area contributed by atoms with Gasteiger partial charge in [0.25, 0.3) is 0 Å². The van der Waals surface area contributed by atoms with Crippen LogP contribution in [0, 0.1) is 0 Å². The largest absolute Gasteiger partial charge is 0.227 e. The Balaban J connectivity index is 3.29. The summed E-state index contributed by atoms with van der Waals surface area (Å²) in [5.74, 6) is 0. The van der Waals surface area contributed by atoms with Crippen molar-refractivity contribution in [3.05, 3.63) is 27.1 Å². The van der Waals surface area contributed by atoms with Gasteiger partial charge >= 0.3 is 0 Å². The zero-order chi connectivity index (χ0) is 8.43. The van der Waals surface area contributed by atoms with Crippen LogP contribution in [0.3, 0.4) is 0 Å². The van der Waals surface area contributed by atoms with E-state index in [0.717, 1.165) is 8.95 Å². The molecule has 0 aliphatic heterocycles. The molecule has 1 aromatic rings. The third kappa shape index (κ3) is 2.57. The molecule has 60 valence electrons. The number of hydrogen-bond donors (Lipinski definition) is 1. The van der Waals surface area contributed by atoms with E-state index < -0.39 is 10.7 Å². The number of thiol groups is 1. The number of rotatable bonds is 1. The van der Waals surface area contributed by atoms with Gasteiger partial charge in [0.05, 0.1) is 4.90 Å². The Morgan fingerprint density at radius 1 is 1.00 bits per heavy atom. The molecule has 0 aliphatic rings. The van der Waals surface area contributed by atoms with Crippen LogP contribution < -0.4 is 0 Å². The molecule has 0 bridgehead atoms. The summed E-state index contributed by atoms with van der Waals surface area (Å²) in [6, 6.07) is 4.88. The molecule has 1 rings (SSSR count). The molecular weight excluding hydrogens is 296 g/mol. The minimum absolute atomic E-state index is 0.307. The summed E-state index contributed by atoms with van der Waals surface area (Å²) in [5.41, 5.74) is 0. The van der Waals surface area contributed by atoms with Gasteiger partial charge in [0.15, 0.2) is 10.7 Å². The second-order valence-corrected chi connectivity index (χ2v) is 4.75. The van der Waals surface area contributed by atoms with Gasteiger partial charge in [0.1, 0.15) is 0 Å². The molecule has 0 heterocycles. The van der Waals surface area contributed by atoms with E-state index in [-0.39, 0.29) is 0 Å². The van der Waals surface area contributed by atoms with Gasteiger partial charge in [-0.15, -0.1) is 0 Å². The minimum atomic E-state index is -2.49. The molecule has 0 saturated carbocycles. The average Bonchev–Trinajstić information content (AvgIpc) is 1.85. The molecule has 0 fully saturated rings. The van der Waals surface area contributed by atoms with E-state index in [1.54, 1.807) is 18.2 Å². The van der Waals surface area contributed by atoms with Crippen LogP contribution in [0.4, 0.5) is 0 Å². The first kappa shape index (κ1) is 9.22. The van der Waals surface area contributed by atoms with Crippen molar-refractivity contribution in [3.8, 4) is 0 Å². The normalized spacial score (nSPS) is 10.5. The summed E-state index contributed by atoms with van der Waals surface area (Å²) in [6.45, 7) is 0. The summed E-state index contributed by atoms with van der Waals surface area (Å²) < 4.78 is 22.5. The van der Waals surface area contributed by atoms with Crippen LogP contribution >= 0.6 is 31.9 Å². The minimum Gasteiger partial charge on any atom is -0.227 e. The molecule has 11 heavy (non-hydrogen) atoms. The topological polar surface area (TPSA) is 34.1 Å². The Labute approximate surface area is 82.8 Å². The van der Waals surface area contributed by atoms with E-state index in [1.165, 1.54) is 0 Å². The van der Waals surface area contributed by atoms with Gasteiger partial charge < -0.3 is 0 Å². The van der Waals surface area contributed by atoms with Crippen LogP contribution in [-0.2, 0) is 10.7 Å². The highest BCUT2D eigenvalue weighted by atomic mass is 79.9. The van der Waals surface area contributed by atoms with Crippen molar-refractivity contribution in [2.75, 3.05) is 0 Å². The van der Waals surface area contributed by atoms with E-state index >= 15 is 0 Å². The lowest BCUT2D eigenvalue weighted by atomic mass is 10.4. The van der Waals surface area contributed by atoms with Crippen molar-refractivity contribution in [1.29, 1.82) is 0 Å². The van der Waals surface area contributed by atoms with Crippen LogP contribution in [0.1, 0.15) is 0 Å². The Kier molecular flexibility index (Phi) is 3.09. The molecule has 5 heteroatoms. The SMILES string of the molecule is O=[SH](=O)c1cc(Br)cc(Br)c1. The maximum absolute atomic E-state index is 10.5. The van der Waals surface area contributed by atoms with Crippen LogP contribution in [0.2, 0.25) is 0 Å². The standard InChI is InChI=1S/C6H4Br2O2S/c7-4-1-5(8)3-6(2-4)11(9)10/h1-3,11H. The van der Waals surface area contributed by atoms with Crippen molar-refractivity contribution in [2.45, 2.75) is 4.90 Å². The van der Waals surface area contributed by atoms with Gasteiger partial charge in [-0.05, 0) is 18.2 Å². The first-order valence-corrected chi connectivity index (χ1v) is 5.46. The van der Waals surface area contributed by atoms with Crippen molar-refractivity contribution in [3.63, 3.8) is 0 Å². The van der Waals surface area contributed by atoms with E-state index in [0.29, 0.717) is 4.90 Å². The maximum Gasteiger partial charge on any atom is 0.168 e. The van der Waals surface area contributed by atoms with Gasteiger partial charge in [0.2, 0.25) is 0 Å². The molecule has 0 saturated heterocycles. The molecule has 0 amide bonds. The van der Waals surface area contributed by atoms with Gasteiger partial charge in [-0.25, -0.2) is 8.42 Å². The van der Waals surface area contributed by atoms with E-state index in [1.807, 2.05) is 0 Å². The van der Waals surface area contributed by atoms with Crippen molar-refractivity contribution >= 4 is 42.6 Å². The fourth-order valence-corrected chi connectivity index (χ4v) is 2.78. The van der Waals surface area contributed by atoms with Gasteiger partial charge in [-0.3, -0.25) is 0 Å². The highest BCUT2D eigenvalue weighted by Gasteiger charge is 1.97. The fraction of sp³-hybridized carbons (Fsp3) is 0. The molecule has 1 aromatic carbocycles. The smallest absolute Gasteiger partial charge is 0.168 e.